The van der Waals surface area contributed by atoms with Crippen molar-refractivity contribution in [2.45, 2.75) is 24.7 Å². The molecule has 1 aliphatic rings. The first-order chi connectivity index (χ1) is 15.6. The number of hydrogen-bond acceptors (Lipinski definition) is 8. The van der Waals surface area contributed by atoms with Gasteiger partial charge in [0.25, 0.3) is 0 Å². The Morgan fingerprint density at radius 1 is 0.562 bits per heavy atom. The van der Waals surface area contributed by atoms with Crippen molar-refractivity contribution in [3.8, 4) is 34.5 Å². The van der Waals surface area contributed by atoms with Crippen molar-refractivity contribution in [3.05, 3.63) is 35.4 Å². The Morgan fingerprint density at radius 2 is 0.906 bits per heavy atom. The zero-order valence-electron chi connectivity index (χ0n) is 19.7. The summed E-state index contributed by atoms with van der Waals surface area (Å²) in [5.41, 5.74) is 2.95. The van der Waals surface area contributed by atoms with Gasteiger partial charge in [-0.2, -0.15) is 0 Å². The smallest absolute Gasteiger partial charge is 0.203 e. The molecule has 2 atom stereocenters. The molecule has 2 aromatic rings. The van der Waals surface area contributed by atoms with Crippen LogP contribution in [0.15, 0.2) is 29.4 Å². The molecule has 8 nitrogen and oxygen atoms in total. The summed E-state index contributed by atoms with van der Waals surface area (Å²) in [6, 6.07) is 7.87. The highest BCUT2D eigenvalue weighted by molar-refractivity contribution is 5.98. The lowest BCUT2D eigenvalue weighted by molar-refractivity contribution is 0.211. The number of nitrogens with zero attached hydrogens (tertiary/aromatic N) is 1. The van der Waals surface area contributed by atoms with Crippen molar-refractivity contribution in [2.75, 3.05) is 49.8 Å². The highest BCUT2D eigenvalue weighted by atomic mass is 16.6. The maximum atomic E-state index is 5.55. The average molecular weight is 446 g/mol. The molecule has 0 bridgehead atoms. The molecule has 1 aliphatic carbocycles. The minimum Gasteiger partial charge on any atom is -0.493 e. The van der Waals surface area contributed by atoms with Gasteiger partial charge in [0, 0.05) is 11.8 Å². The van der Waals surface area contributed by atoms with E-state index in [1.807, 2.05) is 24.3 Å². The van der Waals surface area contributed by atoms with Gasteiger partial charge in [-0.05, 0) is 48.2 Å². The second-order valence-electron chi connectivity index (χ2n) is 7.30. The SMILES string of the molecule is CON=C1[C@@H](c2cc(OC)c(OC)c(OC)c2)CC[C@@H]1c1cc(OC)c(OC)c(OC)c1. The summed E-state index contributed by atoms with van der Waals surface area (Å²) in [6.07, 6.45) is 1.75. The molecule has 0 unspecified atom stereocenters. The van der Waals surface area contributed by atoms with E-state index in [0.29, 0.717) is 34.5 Å². The summed E-state index contributed by atoms with van der Waals surface area (Å²) < 4.78 is 33.1. The Hall–Kier alpha value is -3.29. The lowest BCUT2D eigenvalue weighted by Crippen LogP contribution is -2.14. The summed E-state index contributed by atoms with van der Waals surface area (Å²) in [4.78, 5) is 5.26. The van der Waals surface area contributed by atoms with E-state index in [1.165, 1.54) is 0 Å². The highest BCUT2D eigenvalue weighted by Crippen LogP contribution is 2.48. The molecule has 174 valence electrons. The van der Waals surface area contributed by atoms with E-state index in [9.17, 15) is 0 Å². The highest BCUT2D eigenvalue weighted by Gasteiger charge is 2.37. The van der Waals surface area contributed by atoms with Crippen LogP contribution in [0.25, 0.3) is 0 Å². The minimum absolute atomic E-state index is 0.0211. The van der Waals surface area contributed by atoms with E-state index in [1.54, 1.807) is 49.8 Å². The molecule has 8 heteroatoms. The summed E-state index contributed by atoms with van der Waals surface area (Å²) in [7, 11) is 11.2. The Morgan fingerprint density at radius 3 is 1.16 bits per heavy atom. The predicted octanol–water partition coefficient (Wildman–Crippen LogP) is 4.40. The molecule has 32 heavy (non-hydrogen) atoms. The second-order valence-corrected chi connectivity index (χ2v) is 7.30. The summed E-state index contributed by atoms with van der Waals surface area (Å²) >= 11 is 0. The lowest BCUT2D eigenvalue weighted by atomic mass is 9.90. The van der Waals surface area contributed by atoms with Gasteiger partial charge in [-0.1, -0.05) is 5.16 Å². The van der Waals surface area contributed by atoms with Crippen molar-refractivity contribution in [1.29, 1.82) is 0 Å². The number of hydrogen-bond donors (Lipinski definition) is 0. The van der Waals surface area contributed by atoms with Crippen LogP contribution in [-0.2, 0) is 4.84 Å². The fourth-order valence-corrected chi connectivity index (χ4v) is 4.38. The molecule has 3 rings (SSSR count). The molecule has 0 aliphatic heterocycles. The van der Waals surface area contributed by atoms with Gasteiger partial charge in [-0.25, -0.2) is 0 Å². The first-order valence-electron chi connectivity index (χ1n) is 10.3. The number of rotatable bonds is 9. The van der Waals surface area contributed by atoms with Gasteiger partial charge in [0.15, 0.2) is 23.0 Å². The van der Waals surface area contributed by atoms with Crippen LogP contribution in [-0.4, -0.2) is 55.5 Å². The van der Waals surface area contributed by atoms with Crippen LogP contribution < -0.4 is 28.4 Å². The van der Waals surface area contributed by atoms with E-state index in [4.69, 9.17) is 33.3 Å². The van der Waals surface area contributed by atoms with E-state index >= 15 is 0 Å². The van der Waals surface area contributed by atoms with Gasteiger partial charge < -0.3 is 33.3 Å². The van der Waals surface area contributed by atoms with Crippen molar-refractivity contribution in [2.24, 2.45) is 5.16 Å². The van der Waals surface area contributed by atoms with E-state index < -0.39 is 0 Å². The number of benzene rings is 2. The van der Waals surface area contributed by atoms with Crippen molar-refractivity contribution < 1.29 is 33.3 Å². The van der Waals surface area contributed by atoms with Crippen molar-refractivity contribution >= 4 is 5.71 Å². The van der Waals surface area contributed by atoms with Crippen LogP contribution >= 0.6 is 0 Å². The Bertz CT molecular complexity index is 849. The van der Waals surface area contributed by atoms with Gasteiger partial charge in [-0.15, -0.1) is 0 Å². The van der Waals surface area contributed by atoms with Gasteiger partial charge in [0.1, 0.15) is 7.11 Å². The maximum Gasteiger partial charge on any atom is 0.203 e. The standard InChI is InChI=1S/C24H31NO7/c1-26-18-10-14(11-19(27-2)23(18)30-5)16-8-9-17(22(16)25-32-7)15-12-20(28-3)24(31-6)21(13-15)29-4/h10-13,16-17H,8-9H2,1-7H3/t16-,17-/m1/s1. The molecule has 1 saturated carbocycles. The number of ether oxygens (including phenoxy) is 6. The van der Waals surface area contributed by atoms with Crippen LogP contribution in [0.4, 0.5) is 0 Å². The van der Waals surface area contributed by atoms with Gasteiger partial charge >= 0.3 is 0 Å². The molecule has 1 fully saturated rings. The number of oxime groups is 1. The predicted molar refractivity (Wildman–Crippen MR) is 121 cm³/mol. The molecular formula is C24H31NO7. The molecule has 0 spiro atoms. The van der Waals surface area contributed by atoms with Gasteiger partial charge in [0.2, 0.25) is 11.5 Å². The Kier molecular flexibility index (Phi) is 7.56. The van der Waals surface area contributed by atoms with Crippen LogP contribution in [0.1, 0.15) is 35.8 Å². The van der Waals surface area contributed by atoms with E-state index in [-0.39, 0.29) is 11.8 Å². The monoisotopic (exact) mass is 445 g/mol. The molecule has 2 aromatic carbocycles. The molecule has 0 amide bonds. The number of methoxy groups -OCH3 is 6. The average Bonchev–Trinajstić information content (AvgIpc) is 3.25. The van der Waals surface area contributed by atoms with Gasteiger partial charge in [-0.3, -0.25) is 0 Å². The third-order valence-electron chi connectivity index (χ3n) is 5.83. The second kappa shape index (κ2) is 10.3. The quantitative estimate of drug-likeness (QED) is 0.530. The maximum absolute atomic E-state index is 5.55. The van der Waals surface area contributed by atoms with Gasteiger partial charge in [0.05, 0.1) is 48.4 Å². The summed E-state index contributed by atoms with van der Waals surface area (Å²) in [5, 5.41) is 4.44. The van der Waals surface area contributed by atoms with E-state index in [0.717, 1.165) is 29.7 Å². The van der Waals surface area contributed by atoms with Crippen LogP contribution in [0.2, 0.25) is 0 Å². The van der Waals surface area contributed by atoms with Crippen molar-refractivity contribution in [3.63, 3.8) is 0 Å². The third-order valence-corrected chi connectivity index (χ3v) is 5.83. The molecule has 0 N–H and O–H groups in total. The fraction of sp³-hybridized carbons (Fsp3) is 0.458. The fourth-order valence-electron chi connectivity index (χ4n) is 4.38. The zero-order valence-corrected chi connectivity index (χ0v) is 19.7. The summed E-state index contributed by atoms with van der Waals surface area (Å²) in [6.45, 7) is 0. The Labute approximate surface area is 189 Å². The van der Waals surface area contributed by atoms with Crippen LogP contribution in [0, 0.1) is 0 Å². The minimum atomic E-state index is 0.0211. The first kappa shape index (κ1) is 23.4. The van der Waals surface area contributed by atoms with Crippen molar-refractivity contribution in [1.82, 2.24) is 0 Å². The first-order valence-corrected chi connectivity index (χ1v) is 10.3. The van der Waals surface area contributed by atoms with E-state index in [2.05, 4.69) is 5.16 Å². The largest absolute Gasteiger partial charge is 0.493 e. The molecule has 0 aromatic heterocycles. The normalized spacial score (nSPS) is 17.5. The van der Waals surface area contributed by atoms with Crippen LogP contribution in [0.5, 0.6) is 34.5 Å². The molecule has 0 radical (unpaired) electrons. The lowest BCUT2D eigenvalue weighted by Gasteiger charge is -2.20. The summed E-state index contributed by atoms with van der Waals surface area (Å²) in [5.74, 6) is 3.58. The molecular weight excluding hydrogens is 414 g/mol. The van der Waals surface area contributed by atoms with Crippen LogP contribution in [0.3, 0.4) is 0 Å². The molecule has 0 saturated heterocycles. The topological polar surface area (TPSA) is 77.0 Å². The zero-order chi connectivity index (χ0) is 23.3. The molecule has 0 heterocycles. The third kappa shape index (κ3) is 4.22. The Balaban J connectivity index is 2.07.